The van der Waals surface area contributed by atoms with Crippen molar-refractivity contribution in [2.24, 2.45) is 0 Å². The number of benzene rings is 1. The number of amides is 1. The van der Waals surface area contributed by atoms with Crippen molar-refractivity contribution in [2.75, 3.05) is 11.1 Å². The number of aromatic hydroxyl groups is 1. The number of carbonyl (C=O) groups excluding carboxylic acids is 1. The van der Waals surface area contributed by atoms with Gasteiger partial charge >= 0.3 is 0 Å². The largest absolute Gasteiger partial charge is 0.507 e. The first-order valence-electron chi connectivity index (χ1n) is 5.07. The Bertz CT molecular complexity index is 602. The Balaban J connectivity index is 2.25. The van der Waals surface area contributed by atoms with Crippen LogP contribution >= 0.6 is 15.9 Å². The molecular formula is C12H10BrN3O2. The Morgan fingerprint density at radius 1 is 1.39 bits per heavy atom. The number of nitrogens with two attached hydrogens (primary N) is 1. The molecule has 0 aliphatic heterocycles. The van der Waals surface area contributed by atoms with Gasteiger partial charge in [-0.15, -0.1) is 0 Å². The van der Waals surface area contributed by atoms with E-state index in [0.29, 0.717) is 15.8 Å². The third-order valence-electron chi connectivity index (χ3n) is 2.30. The lowest BCUT2D eigenvalue weighted by molar-refractivity contribution is 0.102. The number of halogens is 1. The van der Waals surface area contributed by atoms with E-state index < -0.39 is 5.91 Å². The lowest BCUT2D eigenvalue weighted by atomic mass is 10.2. The van der Waals surface area contributed by atoms with Gasteiger partial charge in [-0.1, -0.05) is 15.9 Å². The first-order valence-corrected chi connectivity index (χ1v) is 5.86. The molecule has 5 nitrogen and oxygen atoms in total. The van der Waals surface area contributed by atoms with Gasteiger partial charge < -0.3 is 16.2 Å². The van der Waals surface area contributed by atoms with Gasteiger partial charge in [-0.05, 0) is 24.3 Å². The molecule has 0 fully saturated rings. The third kappa shape index (κ3) is 2.60. The van der Waals surface area contributed by atoms with Crippen molar-refractivity contribution >= 4 is 33.2 Å². The number of nitrogen functional groups attached to an aromatic ring is 1. The van der Waals surface area contributed by atoms with E-state index in [1.165, 1.54) is 24.5 Å². The molecule has 0 aliphatic rings. The standard InChI is InChI=1S/C12H10BrN3O2/c13-7-1-2-8(11(17)5-7)12(18)16-10-3-4-15-6-9(10)14/h1-6,17H,14H2,(H,15,16,18). The van der Waals surface area contributed by atoms with E-state index in [1.54, 1.807) is 12.1 Å². The van der Waals surface area contributed by atoms with Crippen LogP contribution in [0.1, 0.15) is 10.4 Å². The number of carbonyl (C=O) groups is 1. The number of aromatic nitrogens is 1. The Kier molecular flexibility index (Phi) is 3.47. The smallest absolute Gasteiger partial charge is 0.259 e. The van der Waals surface area contributed by atoms with E-state index in [9.17, 15) is 9.90 Å². The topological polar surface area (TPSA) is 88.2 Å². The van der Waals surface area contributed by atoms with Gasteiger partial charge in [0.05, 0.1) is 23.1 Å². The fraction of sp³-hybridized carbons (Fsp3) is 0. The van der Waals surface area contributed by atoms with Crippen LogP contribution < -0.4 is 11.1 Å². The summed E-state index contributed by atoms with van der Waals surface area (Å²) in [6.07, 6.45) is 2.96. The van der Waals surface area contributed by atoms with Crippen LogP contribution in [0.3, 0.4) is 0 Å². The highest BCUT2D eigenvalue weighted by atomic mass is 79.9. The van der Waals surface area contributed by atoms with Gasteiger partial charge in [0, 0.05) is 10.7 Å². The van der Waals surface area contributed by atoms with Crippen LogP contribution in [0, 0.1) is 0 Å². The molecule has 0 atom stereocenters. The lowest BCUT2D eigenvalue weighted by Crippen LogP contribution is -2.13. The molecule has 4 N–H and O–H groups in total. The summed E-state index contributed by atoms with van der Waals surface area (Å²) in [7, 11) is 0. The van der Waals surface area contributed by atoms with Gasteiger partial charge in [-0.3, -0.25) is 9.78 Å². The molecule has 1 aromatic carbocycles. The second-order valence-electron chi connectivity index (χ2n) is 3.58. The number of pyridine rings is 1. The van der Waals surface area contributed by atoms with Crippen molar-refractivity contribution in [3.63, 3.8) is 0 Å². The van der Waals surface area contributed by atoms with Crippen molar-refractivity contribution in [3.8, 4) is 5.75 Å². The summed E-state index contributed by atoms with van der Waals surface area (Å²) < 4.78 is 0.694. The monoisotopic (exact) mass is 307 g/mol. The number of hydrogen-bond donors (Lipinski definition) is 3. The molecule has 0 saturated carbocycles. The van der Waals surface area contributed by atoms with Crippen LogP contribution in [0.25, 0.3) is 0 Å². The second-order valence-corrected chi connectivity index (χ2v) is 4.49. The number of hydrogen-bond acceptors (Lipinski definition) is 4. The van der Waals surface area contributed by atoms with E-state index in [0.717, 1.165) is 0 Å². The highest BCUT2D eigenvalue weighted by Crippen LogP contribution is 2.24. The maximum absolute atomic E-state index is 11.9. The molecule has 0 unspecified atom stereocenters. The maximum Gasteiger partial charge on any atom is 0.259 e. The number of nitrogens with zero attached hydrogens (tertiary/aromatic N) is 1. The number of anilines is 2. The molecule has 0 radical (unpaired) electrons. The lowest BCUT2D eigenvalue weighted by Gasteiger charge is -2.08. The summed E-state index contributed by atoms with van der Waals surface area (Å²) in [5.41, 5.74) is 6.66. The maximum atomic E-state index is 11.9. The first kappa shape index (κ1) is 12.4. The average molecular weight is 308 g/mol. The SMILES string of the molecule is Nc1cnccc1NC(=O)c1ccc(Br)cc1O. The first-order chi connectivity index (χ1) is 8.58. The van der Waals surface area contributed by atoms with Crippen LogP contribution in [0.2, 0.25) is 0 Å². The van der Waals surface area contributed by atoms with E-state index in [4.69, 9.17) is 5.73 Å². The van der Waals surface area contributed by atoms with Crippen molar-refractivity contribution in [1.82, 2.24) is 4.98 Å². The van der Waals surface area contributed by atoms with Crippen LogP contribution in [-0.2, 0) is 0 Å². The number of rotatable bonds is 2. The van der Waals surface area contributed by atoms with Gasteiger partial charge in [0.15, 0.2) is 0 Å². The average Bonchev–Trinajstić information content (AvgIpc) is 2.32. The van der Waals surface area contributed by atoms with Gasteiger partial charge in [0.2, 0.25) is 0 Å². The Morgan fingerprint density at radius 2 is 2.17 bits per heavy atom. The summed E-state index contributed by atoms with van der Waals surface area (Å²) >= 11 is 3.20. The highest BCUT2D eigenvalue weighted by Gasteiger charge is 2.12. The molecule has 0 spiro atoms. The summed E-state index contributed by atoms with van der Waals surface area (Å²) in [6, 6.07) is 6.23. The second kappa shape index (κ2) is 5.05. The zero-order valence-electron chi connectivity index (χ0n) is 9.22. The molecule has 0 bridgehead atoms. The van der Waals surface area contributed by atoms with E-state index in [-0.39, 0.29) is 11.3 Å². The van der Waals surface area contributed by atoms with Crippen LogP contribution in [0.15, 0.2) is 41.1 Å². The molecule has 6 heteroatoms. The van der Waals surface area contributed by atoms with Crippen LogP contribution in [-0.4, -0.2) is 16.0 Å². The van der Waals surface area contributed by atoms with Gasteiger partial charge in [-0.2, -0.15) is 0 Å². The van der Waals surface area contributed by atoms with E-state index in [2.05, 4.69) is 26.2 Å². The number of phenols is 1. The minimum absolute atomic E-state index is 0.102. The fourth-order valence-corrected chi connectivity index (χ4v) is 1.76. The van der Waals surface area contributed by atoms with Crippen molar-refractivity contribution in [3.05, 3.63) is 46.7 Å². The molecule has 1 aromatic heterocycles. The minimum atomic E-state index is -0.432. The summed E-state index contributed by atoms with van der Waals surface area (Å²) in [4.78, 5) is 15.8. The third-order valence-corrected chi connectivity index (χ3v) is 2.80. The van der Waals surface area contributed by atoms with Gasteiger partial charge in [0.25, 0.3) is 5.91 Å². The molecule has 2 aromatic rings. The molecule has 0 saturated heterocycles. The van der Waals surface area contributed by atoms with Crippen LogP contribution in [0.5, 0.6) is 5.75 Å². The summed E-state index contributed by atoms with van der Waals surface area (Å²) in [6.45, 7) is 0. The molecule has 1 heterocycles. The normalized spacial score (nSPS) is 10.1. The van der Waals surface area contributed by atoms with Crippen molar-refractivity contribution in [2.45, 2.75) is 0 Å². The van der Waals surface area contributed by atoms with Crippen LogP contribution in [0.4, 0.5) is 11.4 Å². The highest BCUT2D eigenvalue weighted by molar-refractivity contribution is 9.10. The molecule has 92 valence electrons. The molecule has 1 amide bonds. The fourth-order valence-electron chi connectivity index (χ4n) is 1.41. The van der Waals surface area contributed by atoms with Gasteiger partial charge in [-0.25, -0.2) is 0 Å². The number of phenolic OH excluding ortho intramolecular Hbond substituents is 1. The summed E-state index contributed by atoms with van der Waals surface area (Å²) in [5.74, 6) is -0.535. The zero-order valence-corrected chi connectivity index (χ0v) is 10.8. The zero-order chi connectivity index (χ0) is 13.1. The van der Waals surface area contributed by atoms with E-state index in [1.807, 2.05) is 0 Å². The molecular weight excluding hydrogens is 298 g/mol. The predicted molar refractivity (Wildman–Crippen MR) is 72.4 cm³/mol. The molecule has 0 aliphatic carbocycles. The molecule has 2 rings (SSSR count). The van der Waals surface area contributed by atoms with Gasteiger partial charge in [0.1, 0.15) is 5.75 Å². The minimum Gasteiger partial charge on any atom is -0.507 e. The predicted octanol–water partition coefficient (Wildman–Crippen LogP) is 2.38. The molecule has 18 heavy (non-hydrogen) atoms. The quantitative estimate of drug-likeness (QED) is 0.795. The summed E-state index contributed by atoms with van der Waals surface area (Å²) in [5, 5.41) is 12.3. The Hall–Kier alpha value is -2.08. The Labute approximate surface area is 112 Å². The van der Waals surface area contributed by atoms with E-state index >= 15 is 0 Å². The number of nitrogens with one attached hydrogen (secondary N) is 1. The van der Waals surface area contributed by atoms with Crippen molar-refractivity contribution < 1.29 is 9.90 Å². The Morgan fingerprint density at radius 3 is 2.83 bits per heavy atom. The van der Waals surface area contributed by atoms with Crippen molar-refractivity contribution in [1.29, 1.82) is 0 Å².